The molecule has 16 heavy (non-hydrogen) atoms. The second-order valence-electron chi connectivity index (χ2n) is 3.63. The largest absolute Gasteiger partial charge is 0.388 e. The van der Waals surface area contributed by atoms with Crippen LogP contribution in [0.5, 0.6) is 0 Å². The van der Waals surface area contributed by atoms with Gasteiger partial charge in [-0.2, -0.15) is 0 Å². The average molecular weight is 234 g/mol. The number of halogens is 1. The number of rotatable bonds is 3. The normalized spacial score (nSPS) is 12.4. The summed E-state index contributed by atoms with van der Waals surface area (Å²) in [5, 5.41) is 10.7. The molecule has 2 aromatic rings. The van der Waals surface area contributed by atoms with E-state index in [0.29, 0.717) is 11.4 Å². The SMILES string of the molecule is OC(Cc1cccc(Cl)c1)c1ccncc1. The van der Waals surface area contributed by atoms with Gasteiger partial charge in [-0.25, -0.2) is 0 Å². The first-order valence-electron chi connectivity index (χ1n) is 5.08. The Bertz CT molecular complexity index is 458. The van der Waals surface area contributed by atoms with Crippen LogP contribution >= 0.6 is 11.6 Å². The zero-order chi connectivity index (χ0) is 11.4. The molecule has 82 valence electrons. The number of nitrogens with zero attached hydrogens (tertiary/aromatic N) is 1. The Kier molecular flexibility index (Phi) is 3.54. The van der Waals surface area contributed by atoms with Gasteiger partial charge in [-0.15, -0.1) is 0 Å². The molecule has 0 aliphatic rings. The van der Waals surface area contributed by atoms with E-state index in [2.05, 4.69) is 4.98 Å². The van der Waals surface area contributed by atoms with Crippen LogP contribution in [-0.4, -0.2) is 10.1 Å². The van der Waals surface area contributed by atoms with Crippen molar-refractivity contribution in [3.8, 4) is 0 Å². The van der Waals surface area contributed by atoms with Gasteiger partial charge in [0.1, 0.15) is 0 Å². The van der Waals surface area contributed by atoms with Gasteiger partial charge in [0, 0.05) is 23.8 Å². The van der Waals surface area contributed by atoms with Crippen molar-refractivity contribution < 1.29 is 5.11 Å². The zero-order valence-electron chi connectivity index (χ0n) is 8.68. The molecule has 2 nitrogen and oxygen atoms in total. The number of aliphatic hydroxyl groups excluding tert-OH is 1. The van der Waals surface area contributed by atoms with E-state index in [-0.39, 0.29) is 0 Å². The quantitative estimate of drug-likeness (QED) is 0.884. The second kappa shape index (κ2) is 5.10. The van der Waals surface area contributed by atoms with Gasteiger partial charge < -0.3 is 5.11 Å². The van der Waals surface area contributed by atoms with Gasteiger partial charge in [0.2, 0.25) is 0 Å². The van der Waals surface area contributed by atoms with Gasteiger partial charge in [-0.05, 0) is 35.4 Å². The summed E-state index contributed by atoms with van der Waals surface area (Å²) in [7, 11) is 0. The highest BCUT2D eigenvalue weighted by molar-refractivity contribution is 6.30. The molecular formula is C13H12ClNO. The highest BCUT2D eigenvalue weighted by Crippen LogP contribution is 2.19. The third-order valence-corrected chi connectivity index (χ3v) is 2.64. The van der Waals surface area contributed by atoms with Gasteiger partial charge >= 0.3 is 0 Å². The Morgan fingerprint density at radius 3 is 2.62 bits per heavy atom. The lowest BCUT2D eigenvalue weighted by molar-refractivity contribution is 0.178. The standard InChI is InChI=1S/C13H12ClNO/c14-12-3-1-2-10(8-12)9-13(16)11-4-6-15-7-5-11/h1-8,13,16H,9H2. The molecule has 2 rings (SSSR count). The van der Waals surface area contributed by atoms with Crippen molar-refractivity contribution in [2.45, 2.75) is 12.5 Å². The van der Waals surface area contributed by atoms with Crippen molar-refractivity contribution in [3.63, 3.8) is 0 Å². The summed E-state index contributed by atoms with van der Waals surface area (Å²) >= 11 is 5.88. The summed E-state index contributed by atoms with van der Waals surface area (Å²) in [6, 6.07) is 11.2. The van der Waals surface area contributed by atoms with Crippen LogP contribution in [0.2, 0.25) is 5.02 Å². The molecule has 3 heteroatoms. The monoisotopic (exact) mass is 233 g/mol. The minimum absolute atomic E-state index is 0.513. The maximum Gasteiger partial charge on any atom is 0.0831 e. The van der Waals surface area contributed by atoms with Crippen LogP contribution < -0.4 is 0 Å². The van der Waals surface area contributed by atoms with Crippen LogP contribution in [0.1, 0.15) is 17.2 Å². The summed E-state index contributed by atoms with van der Waals surface area (Å²) < 4.78 is 0. The molecule has 1 aromatic heterocycles. The molecule has 0 saturated carbocycles. The lowest BCUT2D eigenvalue weighted by atomic mass is 10.0. The maximum absolute atomic E-state index is 9.99. The van der Waals surface area contributed by atoms with Crippen molar-refractivity contribution in [3.05, 3.63) is 64.9 Å². The zero-order valence-corrected chi connectivity index (χ0v) is 9.43. The summed E-state index contributed by atoms with van der Waals surface area (Å²) in [5.41, 5.74) is 1.90. The van der Waals surface area contributed by atoms with E-state index in [0.717, 1.165) is 11.1 Å². The summed E-state index contributed by atoms with van der Waals surface area (Å²) in [5.74, 6) is 0. The fraction of sp³-hybridized carbons (Fsp3) is 0.154. The molecule has 1 heterocycles. The Morgan fingerprint density at radius 1 is 1.19 bits per heavy atom. The number of aliphatic hydroxyl groups is 1. The van der Waals surface area contributed by atoms with E-state index in [1.165, 1.54) is 0 Å². The van der Waals surface area contributed by atoms with E-state index < -0.39 is 6.10 Å². The minimum atomic E-state index is -0.513. The van der Waals surface area contributed by atoms with Crippen LogP contribution in [0.15, 0.2) is 48.8 Å². The van der Waals surface area contributed by atoms with Gasteiger partial charge in [-0.3, -0.25) is 4.98 Å². The highest BCUT2D eigenvalue weighted by atomic mass is 35.5. The van der Waals surface area contributed by atoms with Crippen molar-refractivity contribution >= 4 is 11.6 Å². The fourth-order valence-electron chi connectivity index (χ4n) is 1.59. The minimum Gasteiger partial charge on any atom is -0.388 e. The lowest BCUT2D eigenvalue weighted by Gasteiger charge is -2.10. The van der Waals surface area contributed by atoms with E-state index in [9.17, 15) is 5.11 Å². The van der Waals surface area contributed by atoms with Crippen molar-refractivity contribution in [2.75, 3.05) is 0 Å². The Morgan fingerprint density at radius 2 is 1.94 bits per heavy atom. The number of hydrogen-bond donors (Lipinski definition) is 1. The third-order valence-electron chi connectivity index (χ3n) is 2.41. The highest BCUT2D eigenvalue weighted by Gasteiger charge is 2.08. The Labute approximate surface area is 99.5 Å². The molecule has 0 amide bonds. The summed E-state index contributed by atoms with van der Waals surface area (Å²) in [4.78, 5) is 3.92. The smallest absolute Gasteiger partial charge is 0.0831 e. The van der Waals surface area contributed by atoms with Crippen molar-refractivity contribution in [1.29, 1.82) is 0 Å². The molecule has 0 radical (unpaired) electrons. The third kappa shape index (κ3) is 2.81. The molecule has 0 fully saturated rings. The maximum atomic E-state index is 9.99. The average Bonchev–Trinajstić information content (AvgIpc) is 2.30. The van der Waals surface area contributed by atoms with Crippen LogP contribution in [0.4, 0.5) is 0 Å². The van der Waals surface area contributed by atoms with Gasteiger partial charge in [0.25, 0.3) is 0 Å². The Hall–Kier alpha value is -1.38. The Balaban J connectivity index is 2.11. The van der Waals surface area contributed by atoms with Crippen molar-refractivity contribution in [1.82, 2.24) is 4.98 Å². The number of pyridine rings is 1. The fourth-order valence-corrected chi connectivity index (χ4v) is 1.80. The molecule has 1 atom stereocenters. The van der Waals surface area contributed by atoms with E-state index in [1.54, 1.807) is 12.4 Å². The summed E-state index contributed by atoms with van der Waals surface area (Å²) in [6.07, 6.45) is 3.40. The number of aromatic nitrogens is 1. The van der Waals surface area contributed by atoms with Crippen LogP contribution in [0.25, 0.3) is 0 Å². The van der Waals surface area contributed by atoms with Crippen LogP contribution in [0.3, 0.4) is 0 Å². The molecule has 0 saturated heterocycles. The first-order chi connectivity index (χ1) is 7.75. The molecule has 0 spiro atoms. The van der Waals surface area contributed by atoms with E-state index >= 15 is 0 Å². The van der Waals surface area contributed by atoms with Gasteiger partial charge in [-0.1, -0.05) is 23.7 Å². The lowest BCUT2D eigenvalue weighted by Crippen LogP contribution is -2.01. The summed E-state index contributed by atoms with van der Waals surface area (Å²) in [6.45, 7) is 0. The van der Waals surface area contributed by atoms with E-state index in [4.69, 9.17) is 11.6 Å². The van der Waals surface area contributed by atoms with Crippen LogP contribution in [-0.2, 0) is 6.42 Å². The molecule has 1 aromatic carbocycles. The van der Waals surface area contributed by atoms with Crippen LogP contribution in [0, 0.1) is 0 Å². The molecular weight excluding hydrogens is 222 g/mol. The molecule has 1 N–H and O–H groups in total. The van der Waals surface area contributed by atoms with Gasteiger partial charge in [0.15, 0.2) is 0 Å². The second-order valence-corrected chi connectivity index (χ2v) is 4.07. The first-order valence-corrected chi connectivity index (χ1v) is 5.46. The molecule has 0 aliphatic heterocycles. The van der Waals surface area contributed by atoms with Crippen molar-refractivity contribution in [2.24, 2.45) is 0 Å². The predicted molar refractivity (Wildman–Crippen MR) is 64.4 cm³/mol. The topological polar surface area (TPSA) is 33.1 Å². The first kappa shape index (κ1) is 11.1. The molecule has 0 bridgehead atoms. The molecule has 1 unspecified atom stereocenters. The number of benzene rings is 1. The molecule has 0 aliphatic carbocycles. The van der Waals surface area contributed by atoms with Gasteiger partial charge in [0.05, 0.1) is 6.10 Å². The van der Waals surface area contributed by atoms with E-state index in [1.807, 2.05) is 36.4 Å². The predicted octanol–water partition coefficient (Wildman–Crippen LogP) is 3.01. The number of hydrogen-bond acceptors (Lipinski definition) is 2.